The number of hydrogen-bond acceptors (Lipinski definition) is 4. The third-order valence-electron chi connectivity index (χ3n) is 5.50. The van der Waals surface area contributed by atoms with E-state index in [0.29, 0.717) is 5.92 Å². The van der Waals surface area contributed by atoms with E-state index >= 15 is 0 Å². The first kappa shape index (κ1) is 16.4. The molecule has 1 N–H and O–H groups in total. The summed E-state index contributed by atoms with van der Waals surface area (Å²) in [5, 5.41) is 3.43. The summed E-state index contributed by atoms with van der Waals surface area (Å²) in [6.07, 6.45) is 7.35. The third kappa shape index (κ3) is 3.79. The van der Waals surface area contributed by atoms with E-state index in [9.17, 15) is 0 Å². The molecule has 1 saturated heterocycles. The second-order valence-corrected chi connectivity index (χ2v) is 7.26. The molecule has 4 nitrogen and oxygen atoms in total. The van der Waals surface area contributed by atoms with Gasteiger partial charge in [-0.15, -0.1) is 0 Å². The summed E-state index contributed by atoms with van der Waals surface area (Å²) in [4.78, 5) is 6.68. The Labute approximate surface area is 150 Å². The van der Waals surface area contributed by atoms with Gasteiger partial charge < -0.3 is 15.0 Å². The molecule has 132 valence electrons. The molecule has 2 aliphatic heterocycles. The largest absolute Gasteiger partial charge is 0.493 e. The van der Waals surface area contributed by atoms with E-state index in [1.54, 1.807) is 0 Å². The minimum atomic E-state index is 0.646. The van der Waals surface area contributed by atoms with Gasteiger partial charge >= 0.3 is 0 Å². The third-order valence-corrected chi connectivity index (χ3v) is 5.50. The fraction of sp³-hybridized carbons (Fsp3) is 0.476. The summed E-state index contributed by atoms with van der Waals surface area (Å²) in [6.45, 7) is 7.23. The quantitative estimate of drug-likeness (QED) is 0.929. The predicted molar refractivity (Wildman–Crippen MR) is 101 cm³/mol. The number of ether oxygens (including phenoxy) is 1. The Morgan fingerprint density at radius 3 is 2.92 bits per heavy atom. The molecule has 2 aliphatic rings. The Hall–Kier alpha value is -2.07. The summed E-state index contributed by atoms with van der Waals surface area (Å²) in [7, 11) is 0. The van der Waals surface area contributed by atoms with Crippen LogP contribution in [0.1, 0.15) is 29.5 Å². The maximum absolute atomic E-state index is 6.12. The van der Waals surface area contributed by atoms with E-state index in [2.05, 4.69) is 46.4 Å². The lowest BCUT2D eigenvalue weighted by Crippen LogP contribution is -2.36. The van der Waals surface area contributed by atoms with E-state index in [4.69, 9.17) is 4.74 Å². The van der Waals surface area contributed by atoms with Gasteiger partial charge in [-0.1, -0.05) is 6.07 Å². The second-order valence-electron chi connectivity index (χ2n) is 7.26. The predicted octanol–water partition coefficient (Wildman–Crippen LogP) is 3.33. The highest BCUT2D eigenvalue weighted by molar-refractivity contribution is 5.51. The number of pyridine rings is 1. The van der Waals surface area contributed by atoms with Crippen LogP contribution in [0.15, 0.2) is 36.7 Å². The van der Waals surface area contributed by atoms with Gasteiger partial charge in [0.1, 0.15) is 5.75 Å². The number of aryl methyl sites for hydroxylation is 1. The van der Waals surface area contributed by atoms with Crippen LogP contribution in [0, 0.1) is 12.8 Å². The monoisotopic (exact) mass is 337 g/mol. The normalized spacial score (nSPS) is 18.0. The number of nitrogens with zero attached hydrogens (tertiary/aromatic N) is 2. The first-order chi connectivity index (χ1) is 12.3. The molecule has 0 bridgehead atoms. The van der Waals surface area contributed by atoms with Crippen LogP contribution >= 0.6 is 0 Å². The number of aromatic nitrogens is 1. The van der Waals surface area contributed by atoms with Crippen LogP contribution in [0.4, 0.5) is 5.69 Å². The zero-order chi connectivity index (χ0) is 17.1. The van der Waals surface area contributed by atoms with Gasteiger partial charge in [0.15, 0.2) is 0 Å². The number of rotatable bonds is 4. The topological polar surface area (TPSA) is 37.4 Å². The summed E-state index contributed by atoms with van der Waals surface area (Å²) in [5.41, 5.74) is 5.45. The molecule has 0 unspecified atom stereocenters. The SMILES string of the molecule is Cc1cnccc1N1CCC(COc2ccc3c(c2)CNCC3)CC1. The minimum Gasteiger partial charge on any atom is -0.493 e. The fourth-order valence-corrected chi connectivity index (χ4v) is 3.92. The number of benzene rings is 1. The molecule has 4 rings (SSSR count). The van der Waals surface area contributed by atoms with Crippen molar-refractivity contribution < 1.29 is 4.74 Å². The van der Waals surface area contributed by atoms with Gasteiger partial charge in [0, 0.05) is 37.7 Å². The highest BCUT2D eigenvalue weighted by Gasteiger charge is 2.21. The average molecular weight is 337 g/mol. The Morgan fingerprint density at radius 2 is 2.08 bits per heavy atom. The van der Waals surface area contributed by atoms with Crippen molar-refractivity contribution in [2.24, 2.45) is 5.92 Å². The van der Waals surface area contributed by atoms with E-state index in [1.807, 2.05) is 12.4 Å². The van der Waals surface area contributed by atoms with Crippen LogP contribution in [0.5, 0.6) is 5.75 Å². The van der Waals surface area contributed by atoms with Crippen molar-refractivity contribution in [2.45, 2.75) is 32.7 Å². The molecule has 0 atom stereocenters. The molecule has 3 heterocycles. The van der Waals surface area contributed by atoms with Gasteiger partial charge in [-0.2, -0.15) is 0 Å². The number of hydrogen-bond donors (Lipinski definition) is 1. The van der Waals surface area contributed by atoms with Crippen molar-refractivity contribution in [3.05, 3.63) is 53.3 Å². The van der Waals surface area contributed by atoms with E-state index in [0.717, 1.165) is 45.0 Å². The molecule has 2 aromatic rings. The van der Waals surface area contributed by atoms with Gasteiger partial charge in [-0.25, -0.2) is 0 Å². The molecule has 1 fully saturated rings. The van der Waals surface area contributed by atoms with Crippen molar-refractivity contribution >= 4 is 5.69 Å². The number of nitrogens with one attached hydrogen (secondary N) is 1. The lowest BCUT2D eigenvalue weighted by Gasteiger charge is -2.34. The standard InChI is InChI=1S/C21H27N3O/c1-16-13-22-9-5-21(16)24-10-6-17(7-11-24)15-25-20-3-2-18-4-8-23-14-19(18)12-20/h2-3,5,9,12-13,17,23H,4,6-8,10-11,14-15H2,1H3. The summed E-state index contributed by atoms with van der Waals surface area (Å²) in [5.74, 6) is 1.67. The van der Waals surface area contributed by atoms with Crippen LogP contribution in [0.3, 0.4) is 0 Å². The fourth-order valence-electron chi connectivity index (χ4n) is 3.92. The maximum Gasteiger partial charge on any atom is 0.119 e. The lowest BCUT2D eigenvalue weighted by molar-refractivity contribution is 0.222. The van der Waals surface area contributed by atoms with Crippen molar-refractivity contribution in [3.8, 4) is 5.75 Å². The minimum absolute atomic E-state index is 0.646. The van der Waals surface area contributed by atoms with Crippen LogP contribution < -0.4 is 15.0 Å². The maximum atomic E-state index is 6.12. The first-order valence-corrected chi connectivity index (χ1v) is 9.40. The van der Waals surface area contributed by atoms with Crippen molar-refractivity contribution in [1.29, 1.82) is 0 Å². The Morgan fingerprint density at radius 1 is 1.20 bits per heavy atom. The molecular formula is C21H27N3O. The van der Waals surface area contributed by atoms with Crippen molar-refractivity contribution in [1.82, 2.24) is 10.3 Å². The highest BCUT2D eigenvalue weighted by Crippen LogP contribution is 2.27. The molecule has 4 heteroatoms. The zero-order valence-corrected chi connectivity index (χ0v) is 15.0. The Kier molecular flexibility index (Phi) is 4.88. The van der Waals surface area contributed by atoms with Crippen LogP contribution in [-0.2, 0) is 13.0 Å². The number of piperidine rings is 1. The summed E-state index contributed by atoms with van der Waals surface area (Å²) >= 11 is 0. The molecule has 1 aromatic heterocycles. The number of fused-ring (bicyclic) bond motifs is 1. The average Bonchev–Trinajstić information content (AvgIpc) is 2.67. The van der Waals surface area contributed by atoms with Gasteiger partial charge in [-0.05, 0) is 73.5 Å². The molecule has 0 radical (unpaired) electrons. The highest BCUT2D eigenvalue weighted by atomic mass is 16.5. The number of anilines is 1. The molecule has 0 spiro atoms. The Balaban J connectivity index is 1.30. The van der Waals surface area contributed by atoms with E-state index in [1.165, 1.54) is 35.2 Å². The smallest absolute Gasteiger partial charge is 0.119 e. The van der Waals surface area contributed by atoms with E-state index < -0.39 is 0 Å². The van der Waals surface area contributed by atoms with Gasteiger partial charge in [-0.3, -0.25) is 4.98 Å². The van der Waals surface area contributed by atoms with Crippen LogP contribution in [0.2, 0.25) is 0 Å². The molecule has 0 saturated carbocycles. The van der Waals surface area contributed by atoms with Crippen molar-refractivity contribution in [2.75, 3.05) is 31.1 Å². The molecular weight excluding hydrogens is 310 g/mol. The van der Waals surface area contributed by atoms with E-state index in [-0.39, 0.29) is 0 Å². The molecule has 0 amide bonds. The Bertz CT molecular complexity index is 723. The van der Waals surface area contributed by atoms with Crippen LogP contribution in [-0.4, -0.2) is 31.2 Å². The van der Waals surface area contributed by atoms with Gasteiger partial charge in [0.2, 0.25) is 0 Å². The lowest BCUT2D eigenvalue weighted by atomic mass is 9.97. The van der Waals surface area contributed by atoms with Gasteiger partial charge in [0.05, 0.1) is 6.61 Å². The first-order valence-electron chi connectivity index (χ1n) is 9.40. The zero-order valence-electron chi connectivity index (χ0n) is 15.0. The van der Waals surface area contributed by atoms with Gasteiger partial charge in [0.25, 0.3) is 0 Å². The van der Waals surface area contributed by atoms with Crippen LogP contribution in [0.25, 0.3) is 0 Å². The van der Waals surface area contributed by atoms with Crippen molar-refractivity contribution in [3.63, 3.8) is 0 Å². The summed E-state index contributed by atoms with van der Waals surface area (Å²) in [6, 6.07) is 8.73. The molecule has 0 aliphatic carbocycles. The summed E-state index contributed by atoms with van der Waals surface area (Å²) < 4.78 is 6.12. The molecule has 25 heavy (non-hydrogen) atoms. The molecule has 1 aromatic carbocycles. The second kappa shape index (κ2) is 7.44.